The lowest BCUT2D eigenvalue weighted by Gasteiger charge is -2.33. The molecule has 0 radical (unpaired) electrons. The Hall–Kier alpha value is -1.77. The average molecular weight is 497 g/mol. The number of thioether (sulfide) groups is 1. The van der Waals surface area contributed by atoms with E-state index in [2.05, 4.69) is 17.2 Å². The number of nitrogens with one attached hydrogen (secondary N) is 1. The summed E-state index contributed by atoms with van der Waals surface area (Å²) in [4.78, 5) is 46.4. The van der Waals surface area contributed by atoms with E-state index in [-0.39, 0.29) is 24.4 Å². The van der Waals surface area contributed by atoms with E-state index >= 15 is 0 Å². The highest BCUT2D eigenvalue weighted by molar-refractivity contribution is 8.14. The Morgan fingerprint density at radius 1 is 1.25 bits per heavy atom. The van der Waals surface area contributed by atoms with Crippen molar-refractivity contribution >= 4 is 63.7 Å². The van der Waals surface area contributed by atoms with Gasteiger partial charge in [0.15, 0.2) is 5.17 Å². The van der Waals surface area contributed by atoms with Crippen molar-refractivity contribution in [3.05, 3.63) is 28.2 Å². The van der Waals surface area contributed by atoms with Crippen LogP contribution < -0.4 is 5.32 Å². The minimum Gasteiger partial charge on any atom is -0.323 e. The zero-order valence-corrected chi connectivity index (χ0v) is 20.4. The van der Waals surface area contributed by atoms with E-state index in [1.165, 1.54) is 11.8 Å². The molecule has 1 aromatic carbocycles. The van der Waals surface area contributed by atoms with Crippen LogP contribution in [-0.2, 0) is 9.59 Å². The minimum atomic E-state index is -0.856. The van der Waals surface area contributed by atoms with Gasteiger partial charge in [-0.2, -0.15) is 0 Å². The van der Waals surface area contributed by atoms with Gasteiger partial charge in [-0.3, -0.25) is 19.4 Å². The van der Waals surface area contributed by atoms with Gasteiger partial charge in [0.05, 0.1) is 15.7 Å². The largest absolute Gasteiger partial charge is 0.325 e. The number of aliphatic imine (C=N–C) groups is 1. The van der Waals surface area contributed by atoms with Crippen molar-refractivity contribution < 1.29 is 14.4 Å². The molecule has 172 valence electrons. The smallest absolute Gasteiger partial charge is 0.323 e. The van der Waals surface area contributed by atoms with Crippen molar-refractivity contribution in [2.24, 2.45) is 10.9 Å². The van der Waals surface area contributed by atoms with Gasteiger partial charge in [0.2, 0.25) is 5.91 Å². The molecule has 3 aliphatic rings. The lowest BCUT2D eigenvalue weighted by atomic mass is 9.77. The van der Waals surface area contributed by atoms with Gasteiger partial charge in [0.1, 0.15) is 12.1 Å². The Balaban J connectivity index is 1.53. The topological polar surface area (TPSA) is 82.1 Å². The summed E-state index contributed by atoms with van der Waals surface area (Å²) in [5.41, 5.74) is -0.271. The molecule has 4 rings (SSSR count). The Bertz CT molecular complexity index is 978. The third kappa shape index (κ3) is 4.37. The highest BCUT2D eigenvalue weighted by atomic mass is 35.5. The molecular weight excluding hydrogens is 471 g/mol. The summed E-state index contributed by atoms with van der Waals surface area (Å²) >= 11 is 13.6. The van der Waals surface area contributed by atoms with E-state index in [4.69, 9.17) is 23.2 Å². The molecular formula is C22H26Cl2N4O3S. The monoisotopic (exact) mass is 496 g/mol. The van der Waals surface area contributed by atoms with Gasteiger partial charge in [-0.25, -0.2) is 9.79 Å². The van der Waals surface area contributed by atoms with E-state index in [0.717, 1.165) is 24.2 Å². The zero-order chi connectivity index (χ0) is 23.0. The molecule has 0 aromatic heterocycles. The number of carbonyl (C=O) groups excluding carboxylic acids is 3. The highest BCUT2D eigenvalue weighted by Crippen LogP contribution is 2.37. The van der Waals surface area contributed by atoms with E-state index in [0.29, 0.717) is 45.4 Å². The van der Waals surface area contributed by atoms with E-state index in [9.17, 15) is 14.4 Å². The molecule has 4 amide bonds. The second-order valence-electron chi connectivity index (χ2n) is 8.72. The number of amides is 4. The van der Waals surface area contributed by atoms with Crippen LogP contribution in [0.1, 0.15) is 46.0 Å². The number of rotatable bonds is 4. The molecule has 1 unspecified atom stereocenters. The zero-order valence-electron chi connectivity index (χ0n) is 18.1. The van der Waals surface area contributed by atoms with Gasteiger partial charge >= 0.3 is 6.03 Å². The van der Waals surface area contributed by atoms with Gasteiger partial charge in [-0.15, -0.1) is 0 Å². The molecule has 2 saturated heterocycles. The summed E-state index contributed by atoms with van der Waals surface area (Å²) in [5, 5.41) is 4.22. The maximum atomic E-state index is 13.3. The second-order valence-corrected chi connectivity index (χ2v) is 10.5. The molecule has 1 saturated carbocycles. The Labute approximate surface area is 201 Å². The van der Waals surface area contributed by atoms with Crippen LogP contribution in [0.2, 0.25) is 10.0 Å². The molecule has 2 heterocycles. The van der Waals surface area contributed by atoms with E-state index in [1.807, 2.05) is 6.92 Å². The Kier molecular flexibility index (Phi) is 6.75. The summed E-state index contributed by atoms with van der Waals surface area (Å²) in [6.45, 7) is 3.86. The quantitative estimate of drug-likeness (QED) is 0.604. The van der Waals surface area contributed by atoms with Crippen molar-refractivity contribution in [3.8, 4) is 0 Å². The van der Waals surface area contributed by atoms with Crippen LogP contribution in [0.3, 0.4) is 0 Å². The summed E-state index contributed by atoms with van der Waals surface area (Å²) in [5.74, 6) is 0.633. The summed E-state index contributed by atoms with van der Waals surface area (Å²) in [6, 6.07) is 4.49. The van der Waals surface area contributed by atoms with Crippen molar-refractivity contribution in [3.63, 3.8) is 0 Å². The number of urea groups is 1. The summed E-state index contributed by atoms with van der Waals surface area (Å²) in [7, 11) is 0. The number of imide groups is 1. The SMILES string of the molecule is CCC1CSC(=Nc2ccc(Cl)c(Cl)c2)N1C(=O)CN1C(=O)NC2(CCC(C)CC2)C1=O. The van der Waals surface area contributed by atoms with Gasteiger partial charge in [0.25, 0.3) is 5.91 Å². The van der Waals surface area contributed by atoms with Crippen LogP contribution in [0, 0.1) is 5.92 Å². The van der Waals surface area contributed by atoms with E-state index in [1.54, 1.807) is 23.1 Å². The molecule has 3 fully saturated rings. The van der Waals surface area contributed by atoms with Gasteiger partial charge in [0, 0.05) is 11.8 Å². The van der Waals surface area contributed by atoms with Crippen LogP contribution in [0.4, 0.5) is 10.5 Å². The molecule has 10 heteroatoms. The lowest BCUT2D eigenvalue weighted by Crippen LogP contribution is -2.50. The predicted octanol–water partition coefficient (Wildman–Crippen LogP) is 4.84. The van der Waals surface area contributed by atoms with Crippen LogP contribution in [0.5, 0.6) is 0 Å². The Morgan fingerprint density at radius 2 is 1.97 bits per heavy atom. The van der Waals surface area contributed by atoms with Gasteiger partial charge in [-0.1, -0.05) is 48.8 Å². The molecule has 0 bridgehead atoms. The molecule has 1 N–H and O–H groups in total. The maximum absolute atomic E-state index is 13.3. The highest BCUT2D eigenvalue weighted by Gasteiger charge is 2.53. The van der Waals surface area contributed by atoms with Crippen LogP contribution >= 0.6 is 35.0 Å². The van der Waals surface area contributed by atoms with Crippen LogP contribution in [0.25, 0.3) is 0 Å². The Morgan fingerprint density at radius 3 is 2.62 bits per heavy atom. The van der Waals surface area contributed by atoms with Gasteiger partial charge < -0.3 is 5.32 Å². The second kappa shape index (κ2) is 9.23. The molecule has 7 nitrogen and oxygen atoms in total. The number of hydrogen-bond acceptors (Lipinski definition) is 5. The first-order valence-electron chi connectivity index (χ1n) is 10.9. The first-order chi connectivity index (χ1) is 15.2. The molecule has 1 atom stereocenters. The maximum Gasteiger partial charge on any atom is 0.325 e. The fraction of sp³-hybridized carbons (Fsp3) is 0.545. The van der Waals surface area contributed by atoms with Crippen molar-refractivity contribution in [1.82, 2.24) is 15.1 Å². The van der Waals surface area contributed by atoms with Crippen LogP contribution in [-0.4, -0.2) is 56.7 Å². The number of halogens is 2. The number of hydrogen-bond donors (Lipinski definition) is 1. The van der Waals surface area contributed by atoms with Crippen molar-refractivity contribution in [2.75, 3.05) is 12.3 Å². The molecule has 2 aliphatic heterocycles. The number of benzene rings is 1. The number of carbonyl (C=O) groups is 3. The standard InChI is InChI=1S/C22H26Cl2N4O3S/c1-3-15-12-32-21(25-14-4-5-16(23)17(24)10-14)28(15)18(29)11-27-19(30)22(26-20(27)31)8-6-13(2)7-9-22/h4-5,10,13,15H,3,6-9,11-12H2,1-2H3,(H,26,31). The van der Waals surface area contributed by atoms with Gasteiger partial charge in [-0.05, 0) is 56.2 Å². The third-order valence-corrected chi connectivity index (χ3v) is 8.35. The molecule has 1 aromatic rings. The first kappa shape index (κ1) is 23.4. The first-order valence-corrected chi connectivity index (χ1v) is 12.6. The fourth-order valence-corrected chi connectivity index (χ4v) is 6.04. The molecule has 1 spiro atoms. The number of amidine groups is 1. The normalized spacial score (nSPS) is 29.3. The van der Waals surface area contributed by atoms with Crippen molar-refractivity contribution in [1.29, 1.82) is 0 Å². The van der Waals surface area contributed by atoms with Crippen LogP contribution in [0.15, 0.2) is 23.2 Å². The predicted molar refractivity (Wildman–Crippen MR) is 128 cm³/mol. The third-order valence-electron chi connectivity index (χ3n) is 6.51. The minimum absolute atomic E-state index is 0.0562. The lowest BCUT2D eigenvalue weighted by molar-refractivity contribution is -0.138. The summed E-state index contributed by atoms with van der Waals surface area (Å²) in [6.07, 6.45) is 3.74. The number of nitrogens with zero attached hydrogens (tertiary/aromatic N) is 3. The molecule has 32 heavy (non-hydrogen) atoms. The molecule has 1 aliphatic carbocycles. The van der Waals surface area contributed by atoms with E-state index < -0.39 is 11.6 Å². The average Bonchev–Trinajstić information content (AvgIpc) is 3.27. The summed E-state index contributed by atoms with van der Waals surface area (Å²) < 4.78 is 0. The fourth-order valence-electron chi connectivity index (χ4n) is 4.46. The van der Waals surface area contributed by atoms with Crippen molar-refractivity contribution in [2.45, 2.75) is 57.5 Å².